The van der Waals surface area contributed by atoms with Crippen LogP contribution in [0.5, 0.6) is 0 Å². The van der Waals surface area contributed by atoms with E-state index in [0.29, 0.717) is 12.3 Å². The van der Waals surface area contributed by atoms with Gasteiger partial charge < -0.3 is 20.8 Å². The third-order valence-electron chi connectivity index (χ3n) is 5.25. The molecule has 7 nitrogen and oxygen atoms in total. The molecule has 1 aromatic heterocycles. The Labute approximate surface area is 162 Å². The van der Waals surface area contributed by atoms with Crippen LogP contribution in [-0.4, -0.2) is 50.7 Å². The lowest BCUT2D eigenvalue weighted by Gasteiger charge is -2.47. The molecule has 2 aliphatic rings. The highest BCUT2D eigenvalue weighted by Crippen LogP contribution is 2.52. The fourth-order valence-electron chi connectivity index (χ4n) is 4.00. The van der Waals surface area contributed by atoms with E-state index in [1.165, 1.54) is 16.7 Å². The number of nitrogens with zero attached hydrogens (tertiary/aromatic N) is 2. The number of unbranched alkanes of at least 4 members (excludes halogenated alkanes) is 1. The molecule has 1 aromatic rings. The third kappa shape index (κ3) is 3.74. The maximum Gasteiger partial charge on any atom is 0.353 e. The minimum Gasteiger partial charge on any atom is -0.477 e. The van der Waals surface area contributed by atoms with Crippen LogP contribution in [0, 0.1) is 11.8 Å². The zero-order chi connectivity index (χ0) is 19.6. The molecule has 1 fully saturated rings. The van der Waals surface area contributed by atoms with Gasteiger partial charge in [-0.1, -0.05) is 6.42 Å². The monoisotopic (exact) mass is 391 g/mol. The van der Waals surface area contributed by atoms with Crippen LogP contribution in [0.4, 0.5) is 0 Å². The largest absolute Gasteiger partial charge is 0.477 e. The van der Waals surface area contributed by atoms with Gasteiger partial charge in [0, 0.05) is 29.0 Å². The minimum absolute atomic E-state index is 0.0770. The predicted molar refractivity (Wildman–Crippen MR) is 102 cm³/mol. The normalized spacial score (nSPS) is 25.4. The second-order valence-electron chi connectivity index (χ2n) is 7.02. The Kier molecular flexibility index (Phi) is 6.18. The van der Waals surface area contributed by atoms with Gasteiger partial charge >= 0.3 is 5.97 Å². The van der Waals surface area contributed by atoms with E-state index in [1.807, 2.05) is 12.1 Å². The summed E-state index contributed by atoms with van der Waals surface area (Å²) in [6.07, 6.45) is 5.07. The Morgan fingerprint density at radius 1 is 1.37 bits per heavy atom. The number of thioether (sulfide) groups is 1. The van der Waals surface area contributed by atoms with Crippen LogP contribution in [0.1, 0.15) is 31.7 Å². The van der Waals surface area contributed by atoms with Gasteiger partial charge in [-0.25, -0.2) is 4.79 Å². The molecule has 1 amide bonds. The number of pyridine rings is 1. The van der Waals surface area contributed by atoms with Crippen LogP contribution in [0.25, 0.3) is 0 Å². The number of hydrogen-bond donors (Lipinski definition) is 3. The van der Waals surface area contributed by atoms with Crippen LogP contribution in [-0.2, 0) is 15.3 Å². The average Bonchev–Trinajstić information content (AvgIpc) is 2.91. The van der Waals surface area contributed by atoms with Gasteiger partial charge in [-0.15, -0.1) is 11.8 Å². The number of hydrogen-bond acceptors (Lipinski definition) is 6. The molecule has 0 aliphatic carbocycles. The quantitative estimate of drug-likeness (QED) is 0.432. The number of aliphatic carboxylic acids is 1. The van der Waals surface area contributed by atoms with E-state index in [4.69, 9.17) is 5.73 Å². The number of carbonyl (C=O) groups is 2. The summed E-state index contributed by atoms with van der Waals surface area (Å²) in [6, 6.07) is 3.51. The van der Waals surface area contributed by atoms with Gasteiger partial charge in [-0.05, 0) is 44.0 Å². The Morgan fingerprint density at radius 3 is 2.67 bits per heavy atom. The maximum absolute atomic E-state index is 12.5. The summed E-state index contributed by atoms with van der Waals surface area (Å²) in [4.78, 5) is 30.6. The van der Waals surface area contributed by atoms with Crippen molar-refractivity contribution in [3.8, 4) is 0 Å². The molecule has 4 N–H and O–H groups in total. The van der Waals surface area contributed by atoms with Crippen LogP contribution >= 0.6 is 11.8 Å². The van der Waals surface area contributed by atoms with E-state index in [9.17, 15) is 19.8 Å². The number of aliphatic hydroxyl groups excluding tert-OH is 1. The molecule has 4 atom stereocenters. The van der Waals surface area contributed by atoms with E-state index < -0.39 is 18.0 Å². The Bertz CT molecular complexity index is 738. The molecule has 0 radical (unpaired) electrons. The number of amides is 1. The first-order valence-corrected chi connectivity index (χ1v) is 10.2. The molecule has 0 unspecified atom stereocenters. The number of fused-ring (bicyclic) bond motifs is 1. The lowest BCUT2D eigenvalue weighted by Crippen LogP contribution is -2.63. The lowest BCUT2D eigenvalue weighted by molar-refractivity contribution is -0.163. The van der Waals surface area contributed by atoms with Crippen LogP contribution in [0.15, 0.2) is 35.1 Å². The molecule has 1 saturated heterocycles. The number of aromatic nitrogens is 1. The first-order valence-electron chi connectivity index (χ1n) is 9.17. The average molecular weight is 391 g/mol. The summed E-state index contributed by atoms with van der Waals surface area (Å²) in [5.74, 6) is -1.39. The number of aliphatic hydroxyl groups is 1. The van der Waals surface area contributed by atoms with Crippen LogP contribution in [0.2, 0.25) is 0 Å². The highest BCUT2D eigenvalue weighted by atomic mass is 32.2. The zero-order valence-electron chi connectivity index (χ0n) is 15.2. The molecule has 0 spiro atoms. The van der Waals surface area contributed by atoms with E-state index in [0.717, 1.165) is 29.7 Å². The van der Waals surface area contributed by atoms with Gasteiger partial charge in [-0.2, -0.15) is 0 Å². The van der Waals surface area contributed by atoms with Crippen molar-refractivity contribution in [3.63, 3.8) is 0 Å². The summed E-state index contributed by atoms with van der Waals surface area (Å²) >= 11 is 1.47. The van der Waals surface area contributed by atoms with E-state index in [-0.39, 0.29) is 23.6 Å². The fraction of sp³-hybridized carbons (Fsp3) is 0.526. The predicted octanol–water partition coefficient (Wildman–Crippen LogP) is 1.58. The zero-order valence-corrected chi connectivity index (χ0v) is 16.1. The summed E-state index contributed by atoms with van der Waals surface area (Å²) in [6.45, 7) is 2.17. The van der Waals surface area contributed by atoms with Crippen molar-refractivity contribution in [2.24, 2.45) is 17.6 Å². The molecule has 27 heavy (non-hydrogen) atoms. The first kappa shape index (κ1) is 19.9. The fourth-order valence-corrected chi connectivity index (χ4v) is 5.31. The molecule has 0 bridgehead atoms. The van der Waals surface area contributed by atoms with E-state index in [1.54, 1.807) is 19.3 Å². The summed E-state index contributed by atoms with van der Waals surface area (Å²) in [5.41, 5.74) is 6.73. The van der Waals surface area contributed by atoms with Crippen molar-refractivity contribution in [1.82, 2.24) is 9.88 Å². The van der Waals surface area contributed by atoms with Gasteiger partial charge in [0.1, 0.15) is 5.70 Å². The van der Waals surface area contributed by atoms with Gasteiger partial charge in [0.2, 0.25) is 5.91 Å². The second kappa shape index (κ2) is 8.41. The molecule has 0 aromatic carbocycles. The SMILES string of the molecule is C[C@@H](O)[C@H]1C(=O)N2C(C(=O)O)=C(SCc3ccncc3)[C@H](CCCCN)[C@H]12. The maximum atomic E-state index is 12.5. The van der Waals surface area contributed by atoms with Gasteiger partial charge in [-0.3, -0.25) is 9.78 Å². The van der Waals surface area contributed by atoms with Crippen LogP contribution in [0.3, 0.4) is 0 Å². The number of β-lactam (4-membered cyclic amide) rings is 1. The smallest absolute Gasteiger partial charge is 0.353 e. The minimum atomic E-state index is -1.09. The van der Waals surface area contributed by atoms with Crippen molar-refractivity contribution in [3.05, 3.63) is 40.7 Å². The number of nitrogens with two attached hydrogens (primary N) is 1. The number of carbonyl (C=O) groups excluding carboxylic acids is 1. The molecule has 3 rings (SSSR count). The summed E-state index contributed by atoms with van der Waals surface area (Å²) in [7, 11) is 0. The molecular weight excluding hydrogens is 366 g/mol. The Hall–Kier alpha value is -1.90. The molecule has 146 valence electrons. The second-order valence-corrected chi connectivity index (χ2v) is 8.04. The third-order valence-corrected chi connectivity index (χ3v) is 6.53. The summed E-state index contributed by atoms with van der Waals surface area (Å²) < 4.78 is 0. The van der Waals surface area contributed by atoms with Crippen molar-refractivity contribution < 1.29 is 19.8 Å². The van der Waals surface area contributed by atoms with Crippen LogP contribution < -0.4 is 5.73 Å². The number of rotatable bonds is 9. The number of carboxylic acid groups (broad SMARTS) is 1. The van der Waals surface area contributed by atoms with Gasteiger partial charge in [0.25, 0.3) is 0 Å². The highest BCUT2D eigenvalue weighted by molar-refractivity contribution is 8.02. The van der Waals surface area contributed by atoms with E-state index >= 15 is 0 Å². The molecule has 3 heterocycles. The molecule has 8 heteroatoms. The Morgan fingerprint density at radius 2 is 2.07 bits per heavy atom. The van der Waals surface area contributed by atoms with E-state index in [2.05, 4.69) is 4.98 Å². The van der Waals surface area contributed by atoms with Gasteiger partial charge in [0.05, 0.1) is 18.1 Å². The first-order chi connectivity index (χ1) is 13.0. The van der Waals surface area contributed by atoms with Crippen molar-refractivity contribution in [2.45, 2.75) is 44.1 Å². The van der Waals surface area contributed by atoms with Crippen molar-refractivity contribution >= 4 is 23.6 Å². The van der Waals surface area contributed by atoms with Crippen molar-refractivity contribution in [1.29, 1.82) is 0 Å². The number of carboxylic acids is 1. The topological polar surface area (TPSA) is 117 Å². The van der Waals surface area contributed by atoms with Crippen molar-refractivity contribution in [2.75, 3.05) is 6.54 Å². The molecular formula is C19H25N3O4S. The molecule has 2 aliphatic heterocycles. The lowest BCUT2D eigenvalue weighted by atomic mass is 9.77. The van der Waals surface area contributed by atoms with Gasteiger partial charge in [0.15, 0.2) is 0 Å². The summed E-state index contributed by atoms with van der Waals surface area (Å²) in [5, 5.41) is 19.8. The highest BCUT2D eigenvalue weighted by Gasteiger charge is 2.60. The molecule has 0 saturated carbocycles. The standard InChI is InChI=1S/C19H25N3O4S/c1-11(23)14-15-13(4-2-3-7-20)17(16(19(25)26)22(15)18(14)24)27-10-12-5-8-21-9-6-12/h5-6,8-9,11,13-15,23H,2-4,7,10,20H2,1H3,(H,25,26)/t11-,13-,14-,15-/m1/s1. The Balaban J connectivity index is 1.89.